The summed E-state index contributed by atoms with van der Waals surface area (Å²) in [5.41, 5.74) is 2.67. The molecule has 1 aromatic heterocycles. The van der Waals surface area contributed by atoms with Gasteiger partial charge in [-0.15, -0.1) is 0 Å². The topological polar surface area (TPSA) is 69.3 Å². The number of hydrogen-bond acceptors (Lipinski definition) is 3. The predicted molar refractivity (Wildman–Crippen MR) is 120 cm³/mol. The highest BCUT2D eigenvalue weighted by Crippen LogP contribution is 2.25. The van der Waals surface area contributed by atoms with Crippen molar-refractivity contribution in [2.45, 2.75) is 19.8 Å². The first kappa shape index (κ1) is 21.7. The summed E-state index contributed by atoms with van der Waals surface area (Å²) in [4.78, 5) is 29.8. The summed E-state index contributed by atoms with van der Waals surface area (Å²) in [7, 11) is 0. The molecule has 1 atom stereocenters. The molecule has 3 aromatic rings. The molecule has 1 fully saturated rings. The predicted octanol–water partition coefficient (Wildman–Crippen LogP) is 3.77. The second kappa shape index (κ2) is 9.77. The number of carbonyl (C=O) groups is 2. The van der Waals surface area contributed by atoms with Gasteiger partial charge in [0.25, 0.3) is 5.91 Å². The Morgan fingerprint density at radius 3 is 2.75 bits per heavy atom. The largest absolute Gasteiger partial charge is 0.341 e. The molecule has 0 bridgehead atoms. The van der Waals surface area contributed by atoms with Crippen molar-refractivity contribution in [2.75, 3.05) is 26.2 Å². The van der Waals surface area contributed by atoms with Crippen molar-refractivity contribution in [1.82, 2.24) is 20.0 Å². The van der Waals surface area contributed by atoms with Crippen molar-refractivity contribution in [3.8, 4) is 11.1 Å². The van der Waals surface area contributed by atoms with E-state index in [1.807, 2.05) is 42.2 Å². The Labute approximate surface area is 187 Å². The lowest BCUT2D eigenvalue weighted by Gasteiger charge is -2.24. The summed E-state index contributed by atoms with van der Waals surface area (Å²) in [6.07, 6.45) is 2.88. The van der Waals surface area contributed by atoms with Gasteiger partial charge in [0.1, 0.15) is 11.5 Å². The number of H-pyrrole nitrogens is 1. The van der Waals surface area contributed by atoms with E-state index in [-0.39, 0.29) is 23.5 Å². The van der Waals surface area contributed by atoms with Gasteiger partial charge in [-0.3, -0.25) is 14.7 Å². The number of nitrogens with zero attached hydrogens (tertiary/aromatic N) is 3. The van der Waals surface area contributed by atoms with Crippen molar-refractivity contribution in [1.29, 1.82) is 0 Å². The molecule has 7 heteroatoms. The van der Waals surface area contributed by atoms with E-state index in [2.05, 4.69) is 10.2 Å². The van der Waals surface area contributed by atoms with E-state index in [0.29, 0.717) is 43.9 Å². The molecule has 1 saturated heterocycles. The summed E-state index contributed by atoms with van der Waals surface area (Å²) in [6, 6.07) is 15.9. The normalized spacial score (nSPS) is 16.8. The van der Waals surface area contributed by atoms with Gasteiger partial charge in [-0.2, -0.15) is 5.10 Å². The van der Waals surface area contributed by atoms with Gasteiger partial charge in [-0.25, -0.2) is 4.39 Å². The molecule has 0 radical (unpaired) electrons. The monoisotopic (exact) mass is 434 g/mol. The SMILES string of the molecule is CCCN1CCN(C(=O)c2ccn[nH]2)CC(Cc2cccc(-c3ccccc3F)c2)C1=O. The van der Waals surface area contributed by atoms with Crippen molar-refractivity contribution >= 4 is 11.8 Å². The van der Waals surface area contributed by atoms with Crippen LogP contribution in [0.25, 0.3) is 11.1 Å². The highest BCUT2D eigenvalue weighted by atomic mass is 19.1. The number of aromatic nitrogens is 2. The number of nitrogens with one attached hydrogen (secondary N) is 1. The third-order valence-electron chi connectivity index (χ3n) is 5.85. The first-order valence-corrected chi connectivity index (χ1v) is 11.0. The van der Waals surface area contributed by atoms with E-state index in [4.69, 9.17) is 0 Å². The highest BCUT2D eigenvalue weighted by Gasteiger charge is 2.32. The Balaban J connectivity index is 1.59. The van der Waals surface area contributed by atoms with Gasteiger partial charge >= 0.3 is 0 Å². The molecule has 1 unspecified atom stereocenters. The van der Waals surface area contributed by atoms with Gasteiger partial charge in [0.2, 0.25) is 5.91 Å². The summed E-state index contributed by atoms with van der Waals surface area (Å²) in [5.74, 6) is -0.741. The number of aromatic amines is 1. The molecule has 0 saturated carbocycles. The van der Waals surface area contributed by atoms with Crippen LogP contribution in [-0.2, 0) is 11.2 Å². The van der Waals surface area contributed by atoms with Gasteiger partial charge < -0.3 is 9.80 Å². The average Bonchev–Trinajstić information content (AvgIpc) is 3.30. The first-order valence-electron chi connectivity index (χ1n) is 11.0. The fraction of sp³-hybridized carbons (Fsp3) is 0.320. The summed E-state index contributed by atoms with van der Waals surface area (Å²) in [5, 5.41) is 6.60. The van der Waals surface area contributed by atoms with Gasteiger partial charge in [-0.1, -0.05) is 49.4 Å². The van der Waals surface area contributed by atoms with Crippen LogP contribution in [-0.4, -0.2) is 58.0 Å². The summed E-state index contributed by atoms with van der Waals surface area (Å²) < 4.78 is 14.3. The smallest absolute Gasteiger partial charge is 0.271 e. The minimum Gasteiger partial charge on any atom is -0.341 e. The summed E-state index contributed by atoms with van der Waals surface area (Å²) >= 11 is 0. The van der Waals surface area contributed by atoms with E-state index >= 15 is 0 Å². The molecular formula is C25H27FN4O2. The molecule has 1 N–H and O–H groups in total. The highest BCUT2D eigenvalue weighted by molar-refractivity contribution is 5.93. The van der Waals surface area contributed by atoms with Gasteiger partial charge in [0.15, 0.2) is 0 Å². The van der Waals surface area contributed by atoms with Gasteiger partial charge in [0, 0.05) is 37.9 Å². The van der Waals surface area contributed by atoms with E-state index in [0.717, 1.165) is 17.5 Å². The number of halogens is 1. The Morgan fingerprint density at radius 2 is 2.00 bits per heavy atom. The maximum Gasteiger partial charge on any atom is 0.271 e. The third kappa shape index (κ3) is 4.72. The minimum absolute atomic E-state index is 0.0584. The van der Waals surface area contributed by atoms with Crippen molar-refractivity contribution < 1.29 is 14.0 Å². The molecule has 2 heterocycles. The molecule has 166 valence electrons. The lowest BCUT2D eigenvalue weighted by Crippen LogP contribution is -2.38. The third-order valence-corrected chi connectivity index (χ3v) is 5.85. The van der Waals surface area contributed by atoms with Crippen LogP contribution in [0.2, 0.25) is 0 Å². The maximum absolute atomic E-state index is 14.3. The van der Waals surface area contributed by atoms with Crippen LogP contribution >= 0.6 is 0 Å². The number of rotatable bonds is 6. The zero-order valence-corrected chi connectivity index (χ0v) is 18.1. The van der Waals surface area contributed by atoms with E-state index < -0.39 is 0 Å². The van der Waals surface area contributed by atoms with Crippen LogP contribution < -0.4 is 0 Å². The van der Waals surface area contributed by atoms with Crippen molar-refractivity contribution in [3.63, 3.8) is 0 Å². The maximum atomic E-state index is 14.3. The lowest BCUT2D eigenvalue weighted by molar-refractivity contribution is -0.134. The standard InChI is InChI=1S/C25H27FN4O2/c1-2-12-29-13-14-30(25(32)23-10-11-27-28-23)17-20(24(29)31)16-18-6-5-7-19(15-18)21-8-3-4-9-22(21)26/h3-11,15,20H,2,12-14,16-17H2,1H3,(H,27,28). The Morgan fingerprint density at radius 1 is 1.16 bits per heavy atom. The molecule has 0 spiro atoms. The van der Waals surface area contributed by atoms with Gasteiger partial charge in [0.05, 0.1) is 5.92 Å². The minimum atomic E-state index is -0.369. The molecule has 6 nitrogen and oxygen atoms in total. The lowest BCUT2D eigenvalue weighted by atomic mass is 9.94. The zero-order valence-electron chi connectivity index (χ0n) is 18.1. The number of amides is 2. The molecule has 32 heavy (non-hydrogen) atoms. The average molecular weight is 435 g/mol. The zero-order chi connectivity index (χ0) is 22.5. The van der Waals surface area contributed by atoms with Crippen LogP contribution in [0.3, 0.4) is 0 Å². The van der Waals surface area contributed by atoms with Crippen LogP contribution in [0.1, 0.15) is 29.4 Å². The Hall–Kier alpha value is -3.48. The molecule has 2 aromatic carbocycles. The Kier molecular flexibility index (Phi) is 6.63. The molecule has 1 aliphatic rings. The summed E-state index contributed by atoms with van der Waals surface area (Å²) in [6.45, 7) is 4.03. The molecular weight excluding hydrogens is 407 g/mol. The van der Waals surface area contributed by atoms with Crippen molar-refractivity contribution in [2.24, 2.45) is 5.92 Å². The number of carbonyl (C=O) groups excluding carboxylic acids is 2. The first-order chi connectivity index (χ1) is 15.6. The van der Waals surface area contributed by atoms with Crippen LogP contribution in [0.15, 0.2) is 60.8 Å². The number of hydrogen-bond donors (Lipinski definition) is 1. The van der Waals surface area contributed by atoms with Crippen LogP contribution in [0, 0.1) is 11.7 Å². The molecule has 0 aliphatic carbocycles. The quantitative estimate of drug-likeness (QED) is 0.642. The van der Waals surface area contributed by atoms with Crippen LogP contribution in [0.5, 0.6) is 0 Å². The van der Waals surface area contributed by atoms with E-state index in [9.17, 15) is 14.0 Å². The number of benzene rings is 2. The second-order valence-electron chi connectivity index (χ2n) is 8.13. The van der Waals surface area contributed by atoms with Gasteiger partial charge in [-0.05, 0) is 36.1 Å². The second-order valence-corrected chi connectivity index (χ2v) is 8.13. The van der Waals surface area contributed by atoms with E-state index in [1.165, 1.54) is 6.07 Å². The fourth-order valence-corrected chi connectivity index (χ4v) is 4.26. The molecule has 2 amide bonds. The Bertz CT molecular complexity index is 1080. The molecule has 4 rings (SSSR count). The fourth-order valence-electron chi connectivity index (χ4n) is 4.26. The van der Waals surface area contributed by atoms with Crippen molar-refractivity contribution in [3.05, 3.63) is 77.9 Å². The van der Waals surface area contributed by atoms with E-state index in [1.54, 1.807) is 29.3 Å². The van der Waals surface area contributed by atoms with Crippen LogP contribution in [0.4, 0.5) is 4.39 Å². The molecule has 1 aliphatic heterocycles.